The fourth-order valence-electron chi connectivity index (χ4n) is 1.71. The van der Waals surface area contributed by atoms with E-state index in [1.165, 1.54) is 24.3 Å². The van der Waals surface area contributed by atoms with Gasteiger partial charge in [0.1, 0.15) is 5.82 Å². The van der Waals surface area contributed by atoms with Crippen LogP contribution in [0, 0.1) is 17.5 Å². The van der Waals surface area contributed by atoms with Gasteiger partial charge in [-0.25, -0.2) is 13.2 Å². The van der Waals surface area contributed by atoms with Gasteiger partial charge in [0.05, 0.1) is 10.6 Å². The number of hydrogen-bond acceptors (Lipinski definition) is 1. The van der Waals surface area contributed by atoms with E-state index in [-0.39, 0.29) is 16.1 Å². The van der Waals surface area contributed by atoms with Crippen molar-refractivity contribution in [3.8, 4) is 0 Å². The maximum atomic E-state index is 13.5. The molecule has 1 nitrogen and oxygen atoms in total. The van der Waals surface area contributed by atoms with Gasteiger partial charge in [-0.05, 0) is 23.8 Å². The molecule has 0 bridgehead atoms. The Bertz CT molecular complexity index is 620. The number of Topliss-reactive ketones (excluding diaryl/α,β-unsaturated/α-hetero) is 1. The zero-order valence-electron chi connectivity index (χ0n) is 9.59. The van der Waals surface area contributed by atoms with E-state index < -0.39 is 29.7 Å². The molecule has 0 saturated heterocycles. The van der Waals surface area contributed by atoms with Crippen molar-refractivity contribution in [2.75, 3.05) is 0 Å². The monoisotopic (exact) mass is 284 g/mol. The quantitative estimate of drug-likeness (QED) is 0.773. The molecule has 0 spiro atoms. The summed E-state index contributed by atoms with van der Waals surface area (Å²) in [5, 5.41) is -0.0539. The molecule has 5 heteroatoms. The van der Waals surface area contributed by atoms with Crippen LogP contribution in [0.5, 0.6) is 0 Å². The third-order valence-electron chi connectivity index (χ3n) is 2.62. The Kier molecular flexibility index (Phi) is 3.90. The number of rotatable bonds is 3. The third-order valence-corrected chi connectivity index (χ3v) is 2.94. The summed E-state index contributed by atoms with van der Waals surface area (Å²) in [6.45, 7) is 0. The van der Waals surface area contributed by atoms with Crippen LogP contribution in [0.1, 0.15) is 15.9 Å². The number of carbonyl (C=O) groups excluding carboxylic acids is 1. The van der Waals surface area contributed by atoms with E-state index in [0.717, 1.165) is 12.1 Å². The Labute approximate surface area is 112 Å². The van der Waals surface area contributed by atoms with Crippen LogP contribution in [0.3, 0.4) is 0 Å². The topological polar surface area (TPSA) is 17.1 Å². The summed E-state index contributed by atoms with van der Waals surface area (Å²) < 4.78 is 39.9. The fraction of sp³-hybridized carbons (Fsp3) is 0.0714. The first-order chi connectivity index (χ1) is 9.00. The highest BCUT2D eigenvalue weighted by Gasteiger charge is 2.18. The molecule has 0 heterocycles. The molecule has 0 atom stereocenters. The van der Waals surface area contributed by atoms with Crippen LogP contribution in [0.2, 0.25) is 5.02 Å². The zero-order valence-corrected chi connectivity index (χ0v) is 10.3. The molecule has 2 aromatic carbocycles. The van der Waals surface area contributed by atoms with Crippen molar-refractivity contribution < 1.29 is 18.0 Å². The molecular formula is C14H8ClF3O. The summed E-state index contributed by atoms with van der Waals surface area (Å²) >= 11 is 5.73. The Morgan fingerprint density at radius 3 is 2.32 bits per heavy atom. The maximum Gasteiger partial charge on any atom is 0.171 e. The molecule has 98 valence electrons. The van der Waals surface area contributed by atoms with Gasteiger partial charge in [-0.15, -0.1) is 0 Å². The lowest BCUT2D eigenvalue weighted by atomic mass is 10.0. The molecule has 0 unspecified atom stereocenters. The SMILES string of the molecule is O=C(Cc1cccc(F)c1F)c1c(F)cccc1Cl. The Hall–Kier alpha value is -1.81. The molecule has 0 saturated carbocycles. The van der Waals surface area contributed by atoms with Gasteiger partial charge in [-0.1, -0.05) is 29.8 Å². The molecule has 0 aliphatic rings. The smallest absolute Gasteiger partial charge is 0.171 e. The first kappa shape index (κ1) is 13.6. The fourth-order valence-corrected chi connectivity index (χ4v) is 1.98. The first-order valence-electron chi connectivity index (χ1n) is 5.41. The predicted molar refractivity (Wildman–Crippen MR) is 65.8 cm³/mol. The van der Waals surface area contributed by atoms with Crippen molar-refractivity contribution in [2.24, 2.45) is 0 Å². The van der Waals surface area contributed by atoms with Crippen LogP contribution in [0.4, 0.5) is 13.2 Å². The standard InChI is InChI=1S/C14H8ClF3O/c15-9-4-2-5-10(16)13(9)12(19)7-8-3-1-6-11(17)14(8)18/h1-6H,7H2. The van der Waals surface area contributed by atoms with Crippen LogP contribution in [0.25, 0.3) is 0 Å². The molecule has 0 amide bonds. The molecule has 0 fully saturated rings. The van der Waals surface area contributed by atoms with E-state index in [2.05, 4.69) is 0 Å². The van der Waals surface area contributed by atoms with E-state index in [9.17, 15) is 18.0 Å². The van der Waals surface area contributed by atoms with Gasteiger partial charge >= 0.3 is 0 Å². The molecule has 0 N–H and O–H groups in total. The summed E-state index contributed by atoms with van der Waals surface area (Å²) in [5.41, 5.74) is -0.447. The van der Waals surface area contributed by atoms with Crippen molar-refractivity contribution in [3.05, 3.63) is 70.0 Å². The van der Waals surface area contributed by atoms with Crippen molar-refractivity contribution in [2.45, 2.75) is 6.42 Å². The number of ketones is 1. The van der Waals surface area contributed by atoms with Gasteiger partial charge < -0.3 is 0 Å². The van der Waals surface area contributed by atoms with E-state index in [1.807, 2.05) is 0 Å². The van der Waals surface area contributed by atoms with Gasteiger partial charge in [0.15, 0.2) is 17.4 Å². The molecule has 0 aromatic heterocycles. The zero-order chi connectivity index (χ0) is 14.0. The molecule has 0 radical (unpaired) electrons. The largest absolute Gasteiger partial charge is 0.294 e. The number of carbonyl (C=O) groups is 1. The van der Waals surface area contributed by atoms with Crippen LogP contribution >= 0.6 is 11.6 Å². The van der Waals surface area contributed by atoms with Gasteiger partial charge in [0.25, 0.3) is 0 Å². The van der Waals surface area contributed by atoms with Crippen LogP contribution < -0.4 is 0 Å². The van der Waals surface area contributed by atoms with Gasteiger partial charge in [-0.2, -0.15) is 0 Å². The van der Waals surface area contributed by atoms with Gasteiger partial charge in [-0.3, -0.25) is 4.79 Å². The summed E-state index contributed by atoms with van der Waals surface area (Å²) in [7, 11) is 0. The highest BCUT2D eigenvalue weighted by Crippen LogP contribution is 2.22. The summed E-state index contributed by atoms with van der Waals surface area (Å²) in [5.74, 6) is -3.64. The van der Waals surface area contributed by atoms with E-state index in [0.29, 0.717) is 0 Å². The minimum absolute atomic E-state index is 0.0539. The molecule has 0 aliphatic heterocycles. The maximum absolute atomic E-state index is 13.5. The number of halogens is 4. The highest BCUT2D eigenvalue weighted by atomic mass is 35.5. The van der Waals surface area contributed by atoms with E-state index in [4.69, 9.17) is 11.6 Å². The lowest BCUT2D eigenvalue weighted by Crippen LogP contribution is -2.09. The average Bonchev–Trinajstić information content (AvgIpc) is 2.35. The van der Waals surface area contributed by atoms with Crippen molar-refractivity contribution in [3.63, 3.8) is 0 Å². The Morgan fingerprint density at radius 2 is 1.63 bits per heavy atom. The molecule has 2 aromatic rings. The summed E-state index contributed by atoms with van der Waals surface area (Å²) in [6.07, 6.45) is -0.454. The second kappa shape index (κ2) is 5.45. The van der Waals surface area contributed by atoms with Gasteiger partial charge in [0, 0.05) is 6.42 Å². The van der Waals surface area contributed by atoms with Crippen LogP contribution in [0.15, 0.2) is 36.4 Å². The minimum atomic E-state index is -1.11. The average molecular weight is 285 g/mol. The van der Waals surface area contributed by atoms with Crippen LogP contribution in [-0.4, -0.2) is 5.78 Å². The molecule has 19 heavy (non-hydrogen) atoms. The van der Waals surface area contributed by atoms with Crippen molar-refractivity contribution in [1.82, 2.24) is 0 Å². The highest BCUT2D eigenvalue weighted by molar-refractivity contribution is 6.34. The van der Waals surface area contributed by atoms with E-state index in [1.54, 1.807) is 0 Å². The van der Waals surface area contributed by atoms with Gasteiger partial charge in [0.2, 0.25) is 0 Å². The first-order valence-corrected chi connectivity index (χ1v) is 5.78. The summed E-state index contributed by atoms with van der Waals surface area (Å²) in [6, 6.07) is 7.30. The lowest BCUT2D eigenvalue weighted by Gasteiger charge is -2.06. The second-order valence-corrected chi connectivity index (χ2v) is 4.32. The summed E-state index contributed by atoms with van der Waals surface area (Å²) in [4.78, 5) is 11.9. The minimum Gasteiger partial charge on any atom is -0.294 e. The normalized spacial score (nSPS) is 10.5. The second-order valence-electron chi connectivity index (χ2n) is 3.91. The molecule has 2 rings (SSSR count). The van der Waals surface area contributed by atoms with Crippen molar-refractivity contribution >= 4 is 17.4 Å². The number of hydrogen-bond donors (Lipinski definition) is 0. The third kappa shape index (κ3) is 2.79. The predicted octanol–water partition coefficient (Wildman–Crippen LogP) is 4.18. The van der Waals surface area contributed by atoms with E-state index >= 15 is 0 Å². The molecule has 0 aliphatic carbocycles. The Balaban J connectivity index is 2.34. The van der Waals surface area contributed by atoms with Crippen molar-refractivity contribution in [1.29, 1.82) is 0 Å². The Morgan fingerprint density at radius 1 is 1.00 bits per heavy atom. The van der Waals surface area contributed by atoms with Crippen LogP contribution in [-0.2, 0) is 6.42 Å². The lowest BCUT2D eigenvalue weighted by molar-refractivity contribution is 0.0988. The number of benzene rings is 2. The molecular weight excluding hydrogens is 277 g/mol.